The summed E-state index contributed by atoms with van der Waals surface area (Å²) in [5.74, 6) is -0.982. The molecule has 4 heteroatoms. The van der Waals surface area contributed by atoms with E-state index in [-0.39, 0.29) is 0 Å². The van der Waals surface area contributed by atoms with Gasteiger partial charge < -0.3 is 10.2 Å². The third-order valence-electron chi connectivity index (χ3n) is 4.60. The number of halogens is 2. The zero-order valence-corrected chi connectivity index (χ0v) is 11.1. The first-order valence-electron chi connectivity index (χ1n) is 7.09. The highest BCUT2D eigenvalue weighted by atomic mass is 19.1. The Morgan fingerprint density at radius 3 is 2.26 bits per heavy atom. The summed E-state index contributed by atoms with van der Waals surface area (Å²) in [6.07, 6.45) is 4.75. The second-order valence-electron chi connectivity index (χ2n) is 5.90. The van der Waals surface area contributed by atoms with Crippen molar-refractivity contribution in [3.8, 4) is 0 Å². The Morgan fingerprint density at radius 1 is 1.00 bits per heavy atom. The van der Waals surface area contributed by atoms with Gasteiger partial charge in [0.1, 0.15) is 11.6 Å². The van der Waals surface area contributed by atoms with Gasteiger partial charge >= 0.3 is 0 Å². The van der Waals surface area contributed by atoms with Crippen LogP contribution in [0.5, 0.6) is 0 Å². The SMILES string of the molecule is Fc1cc(F)cc(N2CCC3(CCCNC3)CC2)c1. The van der Waals surface area contributed by atoms with E-state index in [2.05, 4.69) is 10.2 Å². The number of nitrogens with zero attached hydrogens (tertiary/aromatic N) is 1. The third kappa shape index (κ3) is 2.73. The second kappa shape index (κ2) is 5.08. The quantitative estimate of drug-likeness (QED) is 0.840. The topological polar surface area (TPSA) is 15.3 Å². The highest BCUT2D eigenvalue weighted by Crippen LogP contribution is 2.38. The Kier molecular flexibility index (Phi) is 3.44. The number of benzene rings is 1. The molecule has 2 aliphatic heterocycles. The Labute approximate surface area is 112 Å². The summed E-state index contributed by atoms with van der Waals surface area (Å²) >= 11 is 0. The van der Waals surface area contributed by atoms with Gasteiger partial charge in [0.2, 0.25) is 0 Å². The van der Waals surface area contributed by atoms with Crippen LogP contribution in [-0.4, -0.2) is 26.2 Å². The lowest BCUT2D eigenvalue weighted by Crippen LogP contribution is -2.48. The molecule has 2 saturated heterocycles. The molecular formula is C15H20F2N2. The maximum atomic E-state index is 13.3. The number of nitrogens with one attached hydrogen (secondary N) is 1. The van der Waals surface area contributed by atoms with Crippen LogP contribution in [0.4, 0.5) is 14.5 Å². The standard InChI is InChI=1S/C15H20F2N2/c16-12-8-13(17)10-14(9-12)19-6-3-15(4-7-19)2-1-5-18-11-15/h8-10,18H,1-7,11H2. The second-order valence-corrected chi connectivity index (χ2v) is 5.90. The van der Waals surface area contributed by atoms with Gasteiger partial charge in [-0.2, -0.15) is 0 Å². The molecule has 19 heavy (non-hydrogen) atoms. The lowest BCUT2D eigenvalue weighted by Gasteiger charge is -2.45. The van der Waals surface area contributed by atoms with Crippen LogP contribution in [0, 0.1) is 17.0 Å². The van der Waals surface area contributed by atoms with Gasteiger partial charge in [0.15, 0.2) is 0 Å². The van der Waals surface area contributed by atoms with E-state index in [0.29, 0.717) is 11.1 Å². The molecule has 2 fully saturated rings. The largest absolute Gasteiger partial charge is 0.371 e. The van der Waals surface area contributed by atoms with Crippen LogP contribution < -0.4 is 10.2 Å². The van der Waals surface area contributed by atoms with Crippen molar-refractivity contribution in [1.29, 1.82) is 0 Å². The molecule has 0 saturated carbocycles. The Balaban J connectivity index is 1.69. The molecule has 1 aromatic carbocycles. The summed E-state index contributed by atoms with van der Waals surface area (Å²) in [6, 6.07) is 3.79. The molecule has 0 amide bonds. The van der Waals surface area contributed by atoms with E-state index in [1.54, 1.807) is 0 Å². The molecule has 1 spiro atoms. The summed E-state index contributed by atoms with van der Waals surface area (Å²) < 4.78 is 26.5. The highest BCUT2D eigenvalue weighted by molar-refractivity contribution is 5.47. The lowest BCUT2D eigenvalue weighted by molar-refractivity contribution is 0.161. The van der Waals surface area contributed by atoms with E-state index in [1.807, 2.05) is 0 Å². The molecular weight excluding hydrogens is 246 g/mol. The van der Waals surface area contributed by atoms with Crippen molar-refractivity contribution < 1.29 is 8.78 Å². The predicted octanol–water partition coefficient (Wildman–Crippen LogP) is 2.93. The number of hydrogen-bond donors (Lipinski definition) is 1. The van der Waals surface area contributed by atoms with Crippen LogP contribution in [0.2, 0.25) is 0 Å². The van der Waals surface area contributed by atoms with Crippen LogP contribution in [0.1, 0.15) is 25.7 Å². The summed E-state index contributed by atoms with van der Waals surface area (Å²) in [4.78, 5) is 2.10. The average Bonchev–Trinajstić information content (AvgIpc) is 2.39. The molecule has 0 unspecified atom stereocenters. The van der Waals surface area contributed by atoms with Gasteiger partial charge in [-0.05, 0) is 49.8 Å². The number of hydrogen-bond acceptors (Lipinski definition) is 2. The first kappa shape index (κ1) is 12.9. The zero-order valence-electron chi connectivity index (χ0n) is 11.1. The fraction of sp³-hybridized carbons (Fsp3) is 0.600. The first-order valence-corrected chi connectivity index (χ1v) is 7.09. The van der Waals surface area contributed by atoms with Gasteiger partial charge in [-0.1, -0.05) is 0 Å². The summed E-state index contributed by atoms with van der Waals surface area (Å²) in [6.45, 7) is 4.01. The van der Waals surface area contributed by atoms with Gasteiger partial charge in [-0.3, -0.25) is 0 Å². The van der Waals surface area contributed by atoms with Gasteiger partial charge in [0.25, 0.3) is 0 Å². The van der Waals surface area contributed by atoms with Crippen molar-refractivity contribution in [3.05, 3.63) is 29.8 Å². The zero-order chi connectivity index (χ0) is 13.3. The lowest BCUT2D eigenvalue weighted by atomic mass is 9.73. The van der Waals surface area contributed by atoms with Gasteiger partial charge in [-0.15, -0.1) is 0 Å². The normalized spacial score (nSPS) is 22.7. The van der Waals surface area contributed by atoms with Gasteiger partial charge in [0, 0.05) is 31.4 Å². The fourth-order valence-electron chi connectivity index (χ4n) is 3.42. The van der Waals surface area contributed by atoms with Crippen molar-refractivity contribution in [1.82, 2.24) is 5.32 Å². The Hall–Kier alpha value is -1.16. The van der Waals surface area contributed by atoms with Crippen LogP contribution in [0.25, 0.3) is 0 Å². The maximum absolute atomic E-state index is 13.3. The van der Waals surface area contributed by atoms with Crippen molar-refractivity contribution in [2.45, 2.75) is 25.7 Å². The van der Waals surface area contributed by atoms with Crippen LogP contribution in [0.3, 0.4) is 0 Å². The van der Waals surface area contributed by atoms with Crippen molar-refractivity contribution >= 4 is 5.69 Å². The summed E-state index contributed by atoms with van der Waals surface area (Å²) in [5, 5.41) is 3.48. The molecule has 3 rings (SSSR count). The predicted molar refractivity (Wildman–Crippen MR) is 72.3 cm³/mol. The molecule has 2 nitrogen and oxygen atoms in total. The third-order valence-corrected chi connectivity index (χ3v) is 4.60. The fourth-order valence-corrected chi connectivity index (χ4v) is 3.42. The monoisotopic (exact) mass is 266 g/mol. The minimum atomic E-state index is -0.491. The van der Waals surface area contributed by atoms with E-state index in [9.17, 15) is 8.78 Å². The number of anilines is 1. The van der Waals surface area contributed by atoms with Crippen molar-refractivity contribution in [3.63, 3.8) is 0 Å². The number of piperidine rings is 2. The van der Waals surface area contributed by atoms with Crippen molar-refractivity contribution in [2.24, 2.45) is 5.41 Å². The minimum absolute atomic E-state index is 0.417. The molecule has 1 aromatic rings. The molecule has 104 valence electrons. The molecule has 1 N–H and O–H groups in total. The van der Waals surface area contributed by atoms with Gasteiger partial charge in [0.05, 0.1) is 0 Å². The van der Waals surface area contributed by atoms with E-state index in [0.717, 1.165) is 45.1 Å². The van der Waals surface area contributed by atoms with Crippen LogP contribution >= 0.6 is 0 Å². The van der Waals surface area contributed by atoms with E-state index in [4.69, 9.17) is 0 Å². The Bertz CT molecular complexity index is 425. The minimum Gasteiger partial charge on any atom is -0.371 e. The van der Waals surface area contributed by atoms with Crippen LogP contribution in [-0.2, 0) is 0 Å². The molecule has 0 aromatic heterocycles. The van der Waals surface area contributed by atoms with E-state index >= 15 is 0 Å². The summed E-state index contributed by atoms with van der Waals surface area (Å²) in [5.41, 5.74) is 1.09. The van der Waals surface area contributed by atoms with E-state index < -0.39 is 11.6 Å². The first-order chi connectivity index (χ1) is 9.17. The molecule has 2 aliphatic rings. The highest BCUT2D eigenvalue weighted by Gasteiger charge is 2.35. The van der Waals surface area contributed by atoms with E-state index in [1.165, 1.54) is 25.0 Å². The average molecular weight is 266 g/mol. The molecule has 2 heterocycles. The van der Waals surface area contributed by atoms with Gasteiger partial charge in [-0.25, -0.2) is 8.78 Å². The van der Waals surface area contributed by atoms with Crippen molar-refractivity contribution in [2.75, 3.05) is 31.1 Å². The molecule has 0 aliphatic carbocycles. The Morgan fingerprint density at radius 2 is 1.68 bits per heavy atom. The maximum Gasteiger partial charge on any atom is 0.128 e. The molecule has 0 bridgehead atoms. The van der Waals surface area contributed by atoms with Crippen LogP contribution in [0.15, 0.2) is 18.2 Å². The molecule has 0 radical (unpaired) electrons. The molecule has 0 atom stereocenters. The number of rotatable bonds is 1. The smallest absolute Gasteiger partial charge is 0.128 e. The summed E-state index contributed by atoms with van der Waals surface area (Å²) in [7, 11) is 0.